The molecule has 4 heteroatoms. The molecule has 0 aliphatic heterocycles. The average molecular weight is 160 g/mol. The number of carboxylic acid groups (broad SMARTS) is 2. The average Bonchev–Trinajstić information content (AvgIpc) is 1.89. The number of carbonyl (C=O) groups excluding carboxylic acids is 2. The first kappa shape index (κ1) is 12.6. The van der Waals surface area contributed by atoms with E-state index in [2.05, 4.69) is 0 Å². The van der Waals surface area contributed by atoms with E-state index in [4.69, 9.17) is 0 Å². The Morgan fingerprint density at radius 1 is 1.09 bits per heavy atom. The fourth-order valence-corrected chi connectivity index (χ4v) is 0.204. The third-order valence-electron chi connectivity index (χ3n) is 0.743. The molecule has 11 heavy (non-hydrogen) atoms. The summed E-state index contributed by atoms with van der Waals surface area (Å²) in [7, 11) is 0. The minimum absolute atomic E-state index is 0.111. The molecule has 0 radical (unpaired) electrons. The molecule has 0 saturated carbocycles. The molecule has 0 atom stereocenters. The summed E-state index contributed by atoms with van der Waals surface area (Å²) in [5, 5.41) is 18.7. The van der Waals surface area contributed by atoms with E-state index in [0.717, 1.165) is 0 Å². The lowest BCUT2D eigenvalue weighted by Gasteiger charge is -1.92. The maximum atomic E-state index is 9.49. The van der Waals surface area contributed by atoms with Gasteiger partial charge in [0.1, 0.15) is 0 Å². The molecule has 0 fully saturated rings. The van der Waals surface area contributed by atoms with Gasteiger partial charge in [0.05, 0.1) is 0 Å². The summed E-state index contributed by atoms with van der Waals surface area (Å²) in [5.74, 6) is -1.96. The van der Waals surface area contributed by atoms with Gasteiger partial charge < -0.3 is 19.8 Å². The minimum Gasteiger partial charge on any atom is -0.550 e. The molecule has 0 aromatic heterocycles. The van der Waals surface area contributed by atoms with Gasteiger partial charge in [-0.05, 0) is 12.8 Å². The first-order valence-corrected chi connectivity index (χ1v) is 3.44. The Morgan fingerprint density at radius 3 is 1.45 bits per heavy atom. The molecule has 66 valence electrons. The van der Waals surface area contributed by atoms with Gasteiger partial charge in [0.2, 0.25) is 0 Å². The highest BCUT2D eigenvalue weighted by atomic mass is 16.4. The second-order valence-electron chi connectivity index (χ2n) is 1.85. The lowest BCUT2D eigenvalue weighted by atomic mass is 10.4. The van der Waals surface area contributed by atoms with Crippen molar-refractivity contribution in [3.8, 4) is 0 Å². The number of hydrogen-bond donors (Lipinski definition) is 0. The van der Waals surface area contributed by atoms with Gasteiger partial charge >= 0.3 is 0 Å². The second-order valence-corrected chi connectivity index (χ2v) is 1.85. The minimum atomic E-state index is -0.995. The molecule has 0 bridgehead atoms. The molecule has 0 aliphatic rings. The maximum Gasteiger partial charge on any atom is 0.0414 e. The summed E-state index contributed by atoms with van der Waals surface area (Å²) in [6.07, 6.45) is 0.961. The lowest BCUT2D eigenvalue weighted by molar-refractivity contribution is -0.306. The van der Waals surface area contributed by atoms with Crippen LogP contribution in [0.3, 0.4) is 0 Å². The van der Waals surface area contributed by atoms with Crippen molar-refractivity contribution in [1.29, 1.82) is 0 Å². The zero-order valence-corrected chi connectivity index (χ0v) is 6.75. The molecule has 0 amide bonds. The van der Waals surface area contributed by atoms with Crippen LogP contribution in [0.1, 0.15) is 33.1 Å². The molecule has 4 nitrogen and oxygen atoms in total. The Balaban J connectivity index is 0. The van der Waals surface area contributed by atoms with Crippen LogP contribution in [0.15, 0.2) is 0 Å². The first-order valence-electron chi connectivity index (χ1n) is 3.44. The summed E-state index contributed by atoms with van der Waals surface area (Å²) in [6, 6.07) is 0. The van der Waals surface area contributed by atoms with E-state index in [0.29, 0.717) is 6.42 Å². The molecule has 0 rings (SSSR count). The summed E-state index contributed by atoms with van der Waals surface area (Å²) in [4.78, 5) is 18.7. The van der Waals surface area contributed by atoms with E-state index >= 15 is 0 Å². The molecular weight excluding hydrogens is 148 g/mol. The predicted octanol–water partition coefficient (Wildman–Crippen LogP) is -1.32. The Labute approximate surface area is 65.8 Å². The number of carbonyl (C=O) groups is 2. The van der Waals surface area contributed by atoms with E-state index in [-0.39, 0.29) is 12.8 Å². The van der Waals surface area contributed by atoms with E-state index in [1.165, 1.54) is 6.92 Å². The highest BCUT2D eigenvalue weighted by Gasteiger charge is 1.75. The number of aliphatic carboxylic acids is 2. The van der Waals surface area contributed by atoms with E-state index in [9.17, 15) is 19.8 Å². The number of carboxylic acids is 2. The topological polar surface area (TPSA) is 80.3 Å². The van der Waals surface area contributed by atoms with Crippen molar-refractivity contribution in [3.63, 3.8) is 0 Å². The van der Waals surface area contributed by atoms with E-state index in [1.807, 2.05) is 0 Å². The molecule has 0 spiro atoms. The summed E-state index contributed by atoms with van der Waals surface area (Å²) < 4.78 is 0. The normalized spacial score (nSPS) is 7.82. The van der Waals surface area contributed by atoms with Crippen molar-refractivity contribution in [1.82, 2.24) is 0 Å². The molecule has 0 saturated heterocycles. The van der Waals surface area contributed by atoms with Crippen LogP contribution in [0.2, 0.25) is 0 Å². The van der Waals surface area contributed by atoms with Crippen LogP contribution < -0.4 is 10.2 Å². The van der Waals surface area contributed by atoms with Crippen molar-refractivity contribution in [2.24, 2.45) is 0 Å². The van der Waals surface area contributed by atoms with Crippen molar-refractivity contribution < 1.29 is 19.8 Å². The first-order chi connectivity index (χ1) is 5.04. The van der Waals surface area contributed by atoms with Gasteiger partial charge in [0, 0.05) is 11.9 Å². The second kappa shape index (κ2) is 8.94. The highest BCUT2D eigenvalue weighted by Crippen LogP contribution is 1.79. The van der Waals surface area contributed by atoms with Crippen LogP contribution in [0.5, 0.6) is 0 Å². The van der Waals surface area contributed by atoms with Crippen LogP contribution in [-0.4, -0.2) is 11.9 Å². The van der Waals surface area contributed by atoms with Gasteiger partial charge in [0.15, 0.2) is 0 Å². The fraction of sp³-hybridized carbons (Fsp3) is 0.714. The van der Waals surface area contributed by atoms with Gasteiger partial charge in [0.25, 0.3) is 0 Å². The third-order valence-corrected chi connectivity index (χ3v) is 0.743. The standard InChI is InChI=1S/C4H8O2.C3H6O2/c1-2-3-4(5)6;1-2-3(4)5/h2-3H2,1H3,(H,5,6);2H2,1H3,(H,4,5)/p-2. The quantitative estimate of drug-likeness (QED) is 0.513. The molecule has 0 unspecified atom stereocenters. The van der Waals surface area contributed by atoms with Crippen molar-refractivity contribution >= 4 is 11.9 Å². The van der Waals surface area contributed by atoms with Crippen LogP contribution in [0.4, 0.5) is 0 Å². The molecular formula is C7H12O4-2. The monoisotopic (exact) mass is 160 g/mol. The van der Waals surface area contributed by atoms with Gasteiger partial charge in [-0.15, -0.1) is 0 Å². The van der Waals surface area contributed by atoms with Crippen LogP contribution in [0, 0.1) is 0 Å². The third kappa shape index (κ3) is 27.7. The molecule has 0 aromatic rings. The highest BCUT2D eigenvalue weighted by molar-refractivity contribution is 5.64. The SMILES string of the molecule is CCC(=O)[O-].CCCC(=O)[O-]. The predicted molar refractivity (Wildman–Crippen MR) is 35.2 cm³/mol. The Hall–Kier alpha value is -1.06. The molecule has 0 aromatic carbocycles. The smallest absolute Gasteiger partial charge is 0.0414 e. The Morgan fingerprint density at radius 2 is 1.45 bits per heavy atom. The van der Waals surface area contributed by atoms with E-state index in [1.54, 1.807) is 6.92 Å². The van der Waals surface area contributed by atoms with E-state index < -0.39 is 11.9 Å². The fourth-order valence-electron chi connectivity index (χ4n) is 0.204. The summed E-state index contributed by atoms with van der Waals surface area (Å²) in [6.45, 7) is 3.34. The van der Waals surface area contributed by atoms with Gasteiger partial charge in [-0.3, -0.25) is 0 Å². The summed E-state index contributed by atoms with van der Waals surface area (Å²) >= 11 is 0. The van der Waals surface area contributed by atoms with Crippen LogP contribution in [-0.2, 0) is 9.59 Å². The maximum absolute atomic E-state index is 9.49. The zero-order valence-electron chi connectivity index (χ0n) is 6.75. The number of rotatable bonds is 3. The molecule has 0 heterocycles. The van der Waals surface area contributed by atoms with Crippen molar-refractivity contribution in [2.45, 2.75) is 33.1 Å². The Kier molecular flexibility index (Phi) is 10.2. The lowest BCUT2D eigenvalue weighted by Crippen LogP contribution is -2.20. The van der Waals surface area contributed by atoms with Crippen molar-refractivity contribution in [3.05, 3.63) is 0 Å². The van der Waals surface area contributed by atoms with Gasteiger partial charge in [-0.2, -0.15) is 0 Å². The molecule has 0 N–H and O–H groups in total. The zero-order chi connectivity index (χ0) is 9.28. The van der Waals surface area contributed by atoms with Crippen molar-refractivity contribution in [2.75, 3.05) is 0 Å². The number of hydrogen-bond acceptors (Lipinski definition) is 4. The van der Waals surface area contributed by atoms with Crippen LogP contribution in [0.25, 0.3) is 0 Å². The summed E-state index contributed by atoms with van der Waals surface area (Å²) in [5.41, 5.74) is 0. The van der Waals surface area contributed by atoms with Gasteiger partial charge in [-0.25, -0.2) is 0 Å². The largest absolute Gasteiger partial charge is 0.550 e. The molecule has 0 aliphatic carbocycles. The Bertz CT molecular complexity index is 120. The van der Waals surface area contributed by atoms with Crippen LogP contribution >= 0.6 is 0 Å². The van der Waals surface area contributed by atoms with Gasteiger partial charge in [-0.1, -0.05) is 20.3 Å².